The molecule has 0 saturated carbocycles. The number of benzene rings is 1. The van der Waals surface area contributed by atoms with Crippen molar-refractivity contribution in [3.8, 4) is 10.6 Å². The van der Waals surface area contributed by atoms with E-state index in [1.807, 2.05) is 24.4 Å². The van der Waals surface area contributed by atoms with E-state index in [0.717, 1.165) is 16.4 Å². The molecular weight excluding hydrogens is 321 g/mol. The first-order valence-electron chi connectivity index (χ1n) is 6.58. The molecule has 0 unspecified atom stereocenters. The van der Waals surface area contributed by atoms with Crippen LogP contribution in [0.2, 0.25) is 0 Å². The van der Waals surface area contributed by atoms with Crippen molar-refractivity contribution in [3.63, 3.8) is 0 Å². The van der Waals surface area contributed by atoms with E-state index in [2.05, 4.69) is 14.7 Å². The minimum Gasteiger partial charge on any atom is -0.342 e. The van der Waals surface area contributed by atoms with Crippen LogP contribution < -0.4 is 5.32 Å². The standard InChI is InChI=1S/C15H12FN3OS2/c1-9(12-7-4-8-21-12)17-14(20)13-18-15(22-19-13)10-5-2-3-6-11(10)16/h2-9H,1H3,(H,17,20)/t9-/m1/s1. The SMILES string of the molecule is C[C@@H](NC(=O)c1nsc(-c2ccccc2F)n1)c1cccs1. The lowest BCUT2D eigenvalue weighted by Gasteiger charge is -2.09. The Bertz CT molecular complexity index is 786. The smallest absolute Gasteiger partial charge is 0.290 e. The predicted octanol–water partition coefficient (Wildman–Crippen LogP) is 3.90. The molecule has 0 spiro atoms. The highest BCUT2D eigenvalue weighted by Crippen LogP contribution is 2.24. The first-order chi connectivity index (χ1) is 10.6. The van der Waals surface area contributed by atoms with E-state index in [0.29, 0.717) is 10.6 Å². The molecule has 3 rings (SSSR count). The van der Waals surface area contributed by atoms with E-state index >= 15 is 0 Å². The molecule has 112 valence electrons. The number of aromatic nitrogens is 2. The van der Waals surface area contributed by atoms with Gasteiger partial charge in [-0.25, -0.2) is 9.37 Å². The van der Waals surface area contributed by atoms with Crippen molar-refractivity contribution in [2.75, 3.05) is 0 Å². The molecule has 0 saturated heterocycles. The average molecular weight is 333 g/mol. The number of hydrogen-bond acceptors (Lipinski definition) is 5. The van der Waals surface area contributed by atoms with Gasteiger partial charge in [0.25, 0.3) is 5.91 Å². The Balaban J connectivity index is 1.76. The summed E-state index contributed by atoms with van der Waals surface area (Å²) in [5, 5.41) is 5.19. The van der Waals surface area contributed by atoms with Crippen LogP contribution in [0.15, 0.2) is 41.8 Å². The Kier molecular flexibility index (Phi) is 4.26. The fourth-order valence-corrected chi connectivity index (χ4v) is 3.35. The molecule has 22 heavy (non-hydrogen) atoms. The Hall–Kier alpha value is -2.12. The summed E-state index contributed by atoms with van der Waals surface area (Å²) in [6.45, 7) is 1.90. The zero-order chi connectivity index (χ0) is 15.5. The van der Waals surface area contributed by atoms with Crippen molar-refractivity contribution in [1.82, 2.24) is 14.7 Å². The third-order valence-electron chi connectivity index (χ3n) is 3.05. The quantitative estimate of drug-likeness (QED) is 0.788. The highest BCUT2D eigenvalue weighted by Gasteiger charge is 2.18. The van der Waals surface area contributed by atoms with Crippen molar-refractivity contribution >= 4 is 28.8 Å². The number of rotatable bonds is 4. The van der Waals surface area contributed by atoms with Crippen molar-refractivity contribution in [2.24, 2.45) is 0 Å². The summed E-state index contributed by atoms with van der Waals surface area (Å²) in [5.74, 6) is -0.677. The summed E-state index contributed by atoms with van der Waals surface area (Å²) in [4.78, 5) is 17.3. The highest BCUT2D eigenvalue weighted by molar-refractivity contribution is 7.10. The zero-order valence-corrected chi connectivity index (χ0v) is 13.2. The molecule has 2 heterocycles. The van der Waals surface area contributed by atoms with E-state index in [4.69, 9.17) is 0 Å². The normalized spacial score (nSPS) is 12.1. The number of nitrogens with zero attached hydrogens (tertiary/aromatic N) is 2. The number of carbonyl (C=O) groups is 1. The van der Waals surface area contributed by atoms with Crippen LogP contribution in [0, 0.1) is 5.82 Å². The Morgan fingerprint density at radius 2 is 2.09 bits per heavy atom. The topological polar surface area (TPSA) is 54.9 Å². The lowest BCUT2D eigenvalue weighted by molar-refractivity contribution is 0.0931. The largest absolute Gasteiger partial charge is 0.342 e. The van der Waals surface area contributed by atoms with Crippen LogP contribution in [0.4, 0.5) is 4.39 Å². The van der Waals surface area contributed by atoms with Gasteiger partial charge >= 0.3 is 0 Å². The van der Waals surface area contributed by atoms with Gasteiger partial charge in [-0.2, -0.15) is 4.37 Å². The molecule has 1 amide bonds. The van der Waals surface area contributed by atoms with E-state index in [9.17, 15) is 9.18 Å². The summed E-state index contributed by atoms with van der Waals surface area (Å²) < 4.78 is 17.7. The molecule has 0 aliphatic carbocycles. The van der Waals surface area contributed by atoms with E-state index in [-0.39, 0.29) is 23.6 Å². The lowest BCUT2D eigenvalue weighted by atomic mass is 10.2. The molecule has 3 aromatic rings. The van der Waals surface area contributed by atoms with Crippen LogP contribution in [-0.2, 0) is 0 Å². The number of nitrogens with one attached hydrogen (secondary N) is 1. The van der Waals surface area contributed by atoms with Gasteiger partial charge in [0.1, 0.15) is 10.8 Å². The fraction of sp³-hybridized carbons (Fsp3) is 0.133. The summed E-state index contributed by atoms with van der Waals surface area (Å²) in [7, 11) is 0. The molecule has 2 aromatic heterocycles. The molecule has 1 aromatic carbocycles. The molecule has 0 fully saturated rings. The number of hydrogen-bond donors (Lipinski definition) is 1. The summed E-state index contributed by atoms with van der Waals surface area (Å²) >= 11 is 2.58. The van der Waals surface area contributed by atoms with Gasteiger partial charge in [-0.15, -0.1) is 11.3 Å². The van der Waals surface area contributed by atoms with Crippen molar-refractivity contribution in [3.05, 3.63) is 58.3 Å². The molecule has 7 heteroatoms. The Morgan fingerprint density at radius 3 is 2.82 bits per heavy atom. The van der Waals surface area contributed by atoms with Gasteiger partial charge in [-0.3, -0.25) is 4.79 Å². The highest BCUT2D eigenvalue weighted by atomic mass is 32.1. The first-order valence-corrected chi connectivity index (χ1v) is 8.23. The molecule has 0 aliphatic rings. The van der Waals surface area contributed by atoms with Gasteiger partial charge in [0, 0.05) is 10.4 Å². The lowest BCUT2D eigenvalue weighted by Crippen LogP contribution is -2.27. The van der Waals surface area contributed by atoms with E-state index < -0.39 is 0 Å². The second-order valence-corrected chi connectivity index (χ2v) is 6.34. The van der Waals surface area contributed by atoms with Crippen LogP contribution in [0.5, 0.6) is 0 Å². The third kappa shape index (κ3) is 3.05. The zero-order valence-electron chi connectivity index (χ0n) is 11.6. The second kappa shape index (κ2) is 6.33. The number of amides is 1. The summed E-state index contributed by atoms with van der Waals surface area (Å²) in [5.41, 5.74) is 0.352. The number of carbonyl (C=O) groups excluding carboxylic acids is 1. The van der Waals surface area contributed by atoms with Gasteiger partial charge in [0.15, 0.2) is 0 Å². The summed E-state index contributed by atoms with van der Waals surface area (Å²) in [6, 6.07) is 10.1. The van der Waals surface area contributed by atoms with Crippen LogP contribution >= 0.6 is 22.9 Å². The predicted molar refractivity (Wildman–Crippen MR) is 85.5 cm³/mol. The van der Waals surface area contributed by atoms with Crippen molar-refractivity contribution in [1.29, 1.82) is 0 Å². The molecule has 0 aliphatic heterocycles. The van der Waals surface area contributed by atoms with Gasteiger partial charge in [0.2, 0.25) is 5.82 Å². The van der Waals surface area contributed by atoms with E-state index in [1.165, 1.54) is 6.07 Å². The minimum atomic E-state index is -0.377. The minimum absolute atomic E-state index is 0.0617. The number of halogens is 1. The maximum Gasteiger partial charge on any atom is 0.290 e. The molecule has 4 nitrogen and oxygen atoms in total. The fourth-order valence-electron chi connectivity index (χ4n) is 1.93. The maximum atomic E-state index is 13.7. The Labute approximate surface area is 134 Å². The van der Waals surface area contributed by atoms with Crippen molar-refractivity contribution < 1.29 is 9.18 Å². The van der Waals surface area contributed by atoms with Gasteiger partial charge in [-0.1, -0.05) is 18.2 Å². The average Bonchev–Trinajstić information content (AvgIpc) is 3.19. The third-order valence-corrected chi connectivity index (χ3v) is 4.85. The Morgan fingerprint density at radius 1 is 1.27 bits per heavy atom. The number of thiophene rings is 1. The van der Waals surface area contributed by atoms with Gasteiger partial charge in [-0.05, 0) is 42.0 Å². The van der Waals surface area contributed by atoms with E-state index in [1.54, 1.807) is 29.5 Å². The monoisotopic (exact) mass is 333 g/mol. The van der Waals surface area contributed by atoms with Crippen LogP contribution in [0.3, 0.4) is 0 Å². The first kappa shape index (κ1) is 14.8. The van der Waals surface area contributed by atoms with Crippen LogP contribution in [0.1, 0.15) is 28.5 Å². The molecular formula is C15H12FN3OS2. The van der Waals surface area contributed by atoms with Gasteiger partial charge in [0.05, 0.1) is 6.04 Å². The molecule has 0 bridgehead atoms. The van der Waals surface area contributed by atoms with Crippen LogP contribution in [0.25, 0.3) is 10.6 Å². The summed E-state index contributed by atoms with van der Waals surface area (Å²) in [6.07, 6.45) is 0. The van der Waals surface area contributed by atoms with Crippen LogP contribution in [-0.4, -0.2) is 15.3 Å². The maximum absolute atomic E-state index is 13.7. The molecule has 1 N–H and O–H groups in total. The van der Waals surface area contributed by atoms with Gasteiger partial charge < -0.3 is 5.32 Å². The molecule has 1 atom stereocenters. The molecule has 0 radical (unpaired) electrons. The van der Waals surface area contributed by atoms with Crippen molar-refractivity contribution in [2.45, 2.75) is 13.0 Å². The second-order valence-electron chi connectivity index (χ2n) is 4.61.